The number of carbonyl (C=O) groups is 1. The Bertz CT molecular complexity index is 1100. The summed E-state index contributed by atoms with van der Waals surface area (Å²) in [5.41, 5.74) is 6.44. The van der Waals surface area contributed by atoms with Crippen LogP contribution in [0.25, 0.3) is 16.5 Å². The number of benzene rings is 2. The van der Waals surface area contributed by atoms with Crippen molar-refractivity contribution in [2.45, 2.75) is 46.3 Å². The number of hydrogen-bond acceptors (Lipinski definition) is 3. The fraction of sp³-hybridized carbons (Fsp3) is 0.304. The van der Waals surface area contributed by atoms with Crippen molar-refractivity contribution in [2.75, 3.05) is 0 Å². The number of halogens is 1. The minimum absolute atomic E-state index is 0.254. The Balaban J connectivity index is 1.55. The number of aryl methyl sites for hydroxylation is 1. The maximum Gasteiger partial charge on any atom is 0.158 e. The summed E-state index contributed by atoms with van der Waals surface area (Å²) in [6.07, 6.45) is 2.64. The van der Waals surface area contributed by atoms with E-state index in [4.69, 9.17) is 16.3 Å². The van der Waals surface area contributed by atoms with Gasteiger partial charge in [0.05, 0.1) is 5.52 Å². The van der Waals surface area contributed by atoms with Gasteiger partial charge in [0.15, 0.2) is 5.15 Å². The average Bonchev–Trinajstić information content (AvgIpc) is 3.03. The van der Waals surface area contributed by atoms with Crippen molar-refractivity contribution in [1.82, 2.24) is 9.78 Å². The van der Waals surface area contributed by atoms with Crippen molar-refractivity contribution in [1.29, 1.82) is 0 Å². The molecule has 3 aromatic rings. The molecule has 0 unspecified atom stereocenters. The standard InChI is InChI=1S/C23H23ClN2O2/c1-14(2)26-22-9-4-16(10-21(22)23(24)25-26)13-28-19-7-8-20-15(3)18(12-27)6-5-17(20)11-19/h4,7-12,14H,5-6,13H2,1-3H3. The molecule has 1 heterocycles. The van der Waals surface area contributed by atoms with E-state index in [1.54, 1.807) is 0 Å². The average molecular weight is 395 g/mol. The van der Waals surface area contributed by atoms with E-state index in [0.717, 1.165) is 58.1 Å². The lowest BCUT2D eigenvalue weighted by Gasteiger charge is -2.19. The fourth-order valence-corrected chi connectivity index (χ4v) is 4.04. The highest BCUT2D eigenvalue weighted by Crippen LogP contribution is 2.33. The van der Waals surface area contributed by atoms with Crippen LogP contribution in [0.3, 0.4) is 0 Å². The summed E-state index contributed by atoms with van der Waals surface area (Å²) in [5.74, 6) is 0.838. The summed E-state index contributed by atoms with van der Waals surface area (Å²) in [5, 5.41) is 5.90. The van der Waals surface area contributed by atoms with E-state index >= 15 is 0 Å². The Morgan fingerprint density at radius 3 is 2.79 bits per heavy atom. The van der Waals surface area contributed by atoms with E-state index in [0.29, 0.717) is 11.8 Å². The minimum Gasteiger partial charge on any atom is -0.489 e. The topological polar surface area (TPSA) is 44.1 Å². The van der Waals surface area contributed by atoms with Gasteiger partial charge < -0.3 is 4.74 Å². The summed E-state index contributed by atoms with van der Waals surface area (Å²) in [4.78, 5) is 11.2. The van der Waals surface area contributed by atoms with Crippen LogP contribution >= 0.6 is 11.6 Å². The molecule has 0 bridgehead atoms. The van der Waals surface area contributed by atoms with E-state index < -0.39 is 0 Å². The van der Waals surface area contributed by atoms with Crippen LogP contribution in [-0.4, -0.2) is 16.1 Å². The molecule has 1 aromatic heterocycles. The molecule has 0 N–H and O–H groups in total. The molecule has 4 nitrogen and oxygen atoms in total. The molecule has 0 aliphatic heterocycles. The Labute approximate surface area is 169 Å². The monoisotopic (exact) mass is 394 g/mol. The molecular weight excluding hydrogens is 372 g/mol. The van der Waals surface area contributed by atoms with Gasteiger partial charge in [0.25, 0.3) is 0 Å². The Morgan fingerprint density at radius 1 is 1.21 bits per heavy atom. The van der Waals surface area contributed by atoms with Gasteiger partial charge in [0, 0.05) is 11.4 Å². The lowest BCUT2D eigenvalue weighted by atomic mass is 9.87. The number of carbonyl (C=O) groups excluding carboxylic acids is 1. The van der Waals surface area contributed by atoms with Gasteiger partial charge in [0.2, 0.25) is 0 Å². The number of ether oxygens (including phenoxy) is 1. The van der Waals surface area contributed by atoms with Crippen LogP contribution in [-0.2, 0) is 17.8 Å². The number of nitrogens with zero attached hydrogens (tertiary/aromatic N) is 2. The van der Waals surface area contributed by atoms with E-state index in [9.17, 15) is 4.79 Å². The summed E-state index contributed by atoms with van der Waals surface area (Å²) < 4.78 is 7.97. The van der Waals surface area contributed by atoms with Gasteiger partial charge in [-0.3, -0.25) is 9.48 Å². The second-order valence-corrected chi connectivity index (χ2v) is 7.91. The van der Waals surface area contributed by atoms with Gasteiger partial charge in [0.1, 0.15) is 18.6 Å². The molecule has 5 heteroatoms. The summed E-state index contributed by atoms with van der Waals surface area (Å²) >= 11 is 6.33. The molecule has 0 atom stereocenters. The first-order chi connectivity index (χ1) is 13.5. The molecule has 0 saturated carbocycles. The van der Waals surface area contributed by atoms with Crippen molar-refractivity contribution in [3.05, 3.63) is 63.8 Å². The quantitative estimate of drug-likeness (QED) is 0.516. The van der Waals surface area contributed by atoms with E-state index in [1.165, 1.54) is 5.56 Å². The Hall–Kier alpha value is -2.59. The second kappa shape index (κ2) is 7.44. The van der Waals surface area contributed by atoms with Crippen LogP contribution in [0.4, 0.5) is 0 Å². The van der Waals surface area contributed by atoms with E-state index in [1.807, 2.05) is 23.7 Å². The molecule has 0 spiro atoms. The molecule has 1 aliphatic rings. The number of hydrogen-bond donors (Lipinski definition) is 0. The largest absolute Gasteiger partial charge is 0.489 e. The van der Waals surface area contributed by atoms with Gasteiger partial charge >= 0.3 is 0 Å². The Kier molecular flexibility index (Phi) is 4.98. The van der Waals surface area contributed by atoms with Gasteiger partial charge in [-0.25, -0.2) is 0 Å². The first kappa shape index (κ1) is 18.8. The van der Waals surface area contributed by atoms with E-state index in [-0.39, 0.29) is 6.04 Å². The van der Waals surface area contributed by atoms with Gasteiger partial charge in [-0.05, 0) is 85.7 Å². The zero-order valence-corrected chi connectivity index (χ0v) is 17.1. The third-order valence-corrected chi connectivity index (χ3v) is 5.67. The van der Waals surface area contributed by atoms with Crippen molar-refractivity contribution in [2.24, 2.45) is 0 Å². The third-order valence-electron chi connectivity index (χ3n) is 5.39. The number of fused-ring (bicyclic) bond motifs is 2. The highest BCUT2D eigenvalue weighted by Gasteiger charge is 2.16. The van der Waals surface area contributed by atoms with Crippen LogP contribution in [0.15, 0.2) is 42.0 Å². The molecule has 2 aromatic carbocycles. The highest BCUT2D eigenvalue weighted by molar-refractivity contribution is 6.34. The summed E-state index contributed by atoms with van der Waals surface area (Å²) in [6.45, 7) is 6.65. The molecular formula is C23H23ClN2O2. The van der Waals surface area contributed by atoms with Crippen LogP contribution in [0, 0.1) is 0 Å². The van der Waals surface area contributed by atoms with Crippen LogP contribution in [0.5, 0.6) is 5.75 Å². The molecule has 0 fully saturated rings. The van der Waals surface area contributed by atoms with Crippen LogP contribution in [0.1, 0.15) is 49.9 Å². The first-order valence-corrected chi connectivity index (χ1v) is 9.93. The highest BCUT2D eigenvalue weighted by atomic mass is 35.5. The predicted molar refractivity (Wildman–Crippen MR) is 113 cm³/mol. The van der Waals surface area contributed by atoms with Crippen molar-refractivity contribution in [3.8, 4) is 5.75 Å². The first-order valence-electron chi connectivity index (χ1n) is 9.55. The second-order valence-electron chi connectivity index (χ2n) is 7.56. The van der Waals surface area contributed by atoms with Gasteiger partial charge in [-0.15, -0.1) is 0 Å². The normalized spacial score (nSPS) is 13.9. The van der Waals surface area contributed by atoms with Crippen LogP contribution < -0.4 is 4.74 Å². The fourth-order valence-electron chi connectivity index (χ4n) is 3.81. The molecule has 4 rings (SSSR count). The minimum atomic E-state index is 0.254. The molecule has 1 aliphatic carbocycles. The predicted octanol–water partition coefficient (Wildman–Crippen LogP) is 5.77. The SMILES string of the molecule is CC1=C(C=O)CCc2cc(OCc3ccc4c(c3)c(Cl)nn4C(C)C)ccc21. The molecule has 0 amide bonds. The van der Waals surface area contributed by atoms with Crippen molar-refractivity contribution in [3.63, 3.8) is 0 Å². The van der Waals surface area contributed by atoms with Crippen LogP contribution in [0.2, 0.25) is 5.15 Å². The van der Waals surface area contributed by atoms with Crippen molar-refractivity contribution >= 4 is 34.4 Å². The lowest BCUT2D eigenvalue weighted by molar-refractivity contribution is -0.105. The molecule has 0 saturated heterocycles. The smallest absolute Gasteiger partial charge is 0.158 e. The number of allylic oxidation sites excluding steroid dienone is 2. The van der Waals surface area contributed by atoms with E-state index in [2.05, 4.69) is 43.2 Å². The lowest BCUT2D eigenvalue weighted by Crippen LogP contribution is -2.05. The third kappa shape index (κ3) is 3.33. The maximum absolute atomic E-state index is 11.2. The molecule has 144 valence electrons. The van der Waals surface area contributed by atoms with Gasteiger partial charge in [-0.2, -0.15) is 5.10 Å². The number of aromatic nitrogens is 2. The number of rotatable bonds is 5. The zero-order chi connectivity index (χ0) is 19.8. The molecule has 28 heavy (non-hydrogen) atoms. The summed E-state index contributed by atoms with van der Waals surface area (Å²) in [6, 6.07) is 12.5. The number of aldehydes is 1. The van der Waals surface area contributed by atoms with Gasteiger partial charge in [-0.1, -0.05) is 23.7 Å². The zero-order valence-electron chi connectivity index (χ0n) is 16.3. The maximum atomic E-state index is 11.2. The van der Waals surface area contributed by atoms with Crippen molar-refractivity contribution < 1.29 is 9.53 Å². The summed E-state index contributed by atoms with van der Waals surface area (Å²) in [7, 11) is 0. The Morgan fingerprint density at radius 2 is 2.04 bits per heavy atom. The molecule has 0 radical (unpaired) electrons.